The van der Waals surface area contributed by atoms with Crippen molar-refractivity contribution in [3.8, 4) is 0 Å². The normalized spacial score (nSPS) is 13.7. The smallest absolute Gasteiger partial charge is 0.321 e. The molecule has 0 bridgehead atoms. The second-order valence-electron chi connectivity index (χ2n) is 5.47. The Morgan fingerprint density at radius 3 is 2.80 bits per heavy atom. The van der Waals surface area contributed by atoms with E-state index in [4.69, 9.17) is 0 Å². The maximum Gasteiger partial charge on any atom is 0.321 e. The lowest BCUT2D eigenvalue weighted by atomic mass is 10.1. The molecule has 0 saturated carbocycles. The molecular weight excluding hydrogens is 342 g/mol. The zero-order valence-electron chi connectivity index (χ0n) is 13.8. The third-order valence-corrected chi connectivity index (χ3v) is 4.45. The molecule has 0 radical (unpaired) electrons. The zero-order chi connectivity index (χ0) is 18.0. The van der Waals surface area contributed by atoms with E-state index < -0.39 is 11.5 Å². The second kappa shape index (κ2) is 6.98. The van der Waals surface area contributed by atoms with Crippen molar-refractivity contribution in [2.45, 2.75) is 12.1 Å². The van der Waals surface area contributed by atoms with E-state index in [1.54, 1.807) is 17.2 Å². The van der Waals surface area contributed by atoms with Gasteiger partial charge in [-0.15, -0.1) is 0 Å². The highest BCUT2D eigenvalue weighted by molar-refractivity contribution is 7.98. The number of aromatic amines is 1. The predicted molar refractivity (Wildman–Crippen MR) is 96.5 cm³/mol. The summed E-state index contributed by atoms with van der Waals surface area (Å²) in [5, 5.41) is 5.89. The van der Waals surface area contributed by atoms with Crippen molar-refractivity contribution in [3.05, 3.63) is 45.9 Å². The molecule has 1 fully saturated rings. The Balaban J connectivity index is 1.86. The van der Waals surface area contributed by atoms with Crippen molar-refractivity contribution in [1.82, 2.24) is 15.3 Å². The van der Waals surface area contributed by atoms with E-state index in [0.29, 0.717) is 29.6 Å². The number of H-pyrrole nitrogens is 1. The van der Waals surface area contributed by atoms with Gasteiger partial charge in [-0.3, -0.25) is 14.5 Å². The highest BCUT2D eigenvalue weighted by atomic mass is 32.2. The van der Waals surface area contributed by atoms with Crippen LogP contribution in [0.15, 0.2) is 34.3 Å². The fourth-order valence-electron chi connectivity index (χ4n) is 2.46. The van der Waals surface area contributed by atoms with Gasteiger partial charge in [0.15, 0.2) is 5.16 Å². The summed E-state index contributed by atoms with van der Waals surface area (Å²) in [4.78, 5) is 44.4. The molecule has 1 aromatic heterocycles. The first kappa shape index (κ1) is 17.0. The van der Waals surface area contributed by atoms with Crippen molar-refractivity contribution < 1.29 is 9.59 Å². The first-order valence-corrected chi connectivity index (χ1v) is 8.82. The average Bonchev–Trinajstić information content (AvgIpc) is 3.02. The second-order valence-corrected chi connectivity index (χ2v) is 6.27. The number of anilines is 2. The minimum Gasteiger partial charge on any atom is -0.336 e. The van der Waals surface area contributed by atoms with Crippen molar-refractivity contribution >= 4 is 35.1 Å². The minimum absolute atomic E-state index is 0.0680. The Hall–Kier alpha value is -2.81. The molecule has 25 heavy (non-hydrogen) atoms. The van der Waals surface area contributed by atoms with Crippen LogP contribution in [-0.4, -0.2) is 41.3 Å². The minimum atomic E-state index is -0.549. The van der Waals surface area contributed by atoms with Gasteiger partial charge >= 0.3 is 6.03 Å². The fourth-order valence-corrected chi connectivity index (χ4v) is 2.82. The molecule has 1 saturated heterocycles. The first-order valence-electron chi connectivity index (χ1n) is 7.60. The summed E-state index contributed by atoms with van der Waals surface area (Å²) in [6.45, 7) is 2.98. The standard InChI is InChI=1S/C16H17N5O3S/c1-9-3-4-10(21-6-5-17-16(21)24)7-12(9)19-13(22)11-8-18-15(25-2)20-14(11)23/h3-4,7-8H,5-6H2,1-2H3,(H,17,24)(H,19,22)(H,18,20,23). The fraction of sp³-hybridized carbons (Fsp3) is 0.250. The van der Waals surface area contributed by atoms with E-state index in [1.807, 2.05) is 19.1 Å². The average molecular weight is 359 g/mol. The molecule has 2 aromatic rings. The van der Waals surface area contributed by atoms with Crippen molar-refractivity contribution in [2.24, 2.45) is 0 Å². The van der Waals surface area contributed by atoms with Gasteiger partial charge in [-0.05, 0) is 30.9 Å². The van der Waals surface area contributed by atoms with Crippen molar-refractivity contribution in [1.29, 1.82) is 0 Å². The molecule has 0 spiro atoms. The molecule has 9 heteroatoms. The molecule has 2 heterocycles. The van der Waals surface area contributed by atoms with E-state index >= 15 is 0 Å². The Bertz CT molecular complexity index is 896. The number of rotatable bonds is 4. The van der Waals surface area contributed by atoms with Crippen molar-refractivity contribution in [3.63, 3.8) is 0 Å². The van der Waals surface area contributed by atoms with Gasteiger partial charge in [0.1, 0.15) is 5.56 Å². The number of amides is 3. The Morgan fingerprint density at radius 2 is 2.16 bits per heavy atom. The molecule has 1 aromatic carbocycles. The molecule has 0 unspecified atom stereocenters. The van der Waals surface area contributed by atoms with Gasteiger partial charge in [0, 0.05) is 30.7 Å². The molecule has 130 valence electrons. The Labute approximate surface area is 148 Å². The number of aryl methyl sites for hydroxylation is 1. The molecule has 3 rings (SSSR count). The third-order valence-electron chi connectivity index (χ3n) is 3.85. The maximum absolute atomic E-state index is 12.4. The number of carbonyl (C=O) groups excluding carboxylic acids is 2. The number of nitrogens with zero attached hydrogens (tertiary/aromatic N) is 2. The predicted octanol–water partition coefficient (Wildman–Crippen LogP) is 1.58. The van der Waals surface area contributed by atoms with Crippen LogP contribution < -0.4 is 21.1 Å². The summed E-state index contributed by atoms with van der Waals surface area (Å²) < 4.78 is 0. The van der Waals surface area contributed by atoms with Crippen LogP contribution in [0.2, 0.25) is 0 Å². The largest absolute Gasteiger partial charge is 0.336 e. The van der Waals surface area contributed by atoms with Gasteiger partial charge in [-0.25, -0.2) is 9.78 Å². The first-order chi connectivity index (χ1) is 12.0. The SMILES string of the molecule is CSc1ncc(C(=O)Nc2cc(N3CCNC3=O)ccc2C)c(=O)[nH]1. The third kappa shape index (κ3) is 3.50. The molecule has 3 N–H and O–H groups in total. The van der Waals surface area contributed by atoms with Crippen LogP contribution in [0, 0.1) is 6.92 Å². The van der Waals surface area contributed by atoms with E-state index in [0.717, 1.165) is 5.56 Å². The molecule has 8 nitrogen and oxygen atoms in total. The lowest BCUT2D eigenvalue weighted by Crippen LogP contribution is -2.28. The maximum atomic E-state index is 12.4. The van der Waals surface area contributed by atoms with E-state index in [-0.39, 0.29) is 11.6 Å². The summed E-state index contributed by atoms with van der Waals surface area (Å²) in [5.74, 6) is -0.549. The number of carbonyl (C=O) groups is 2. The summed E-state index contributed by atoms with van der Waals surface area (Å²) >= 11 is 1.28. The van der Waals surface area contributed by atoms with Crippen LogP contribution in [0.5, 0.6) is 0 Å². The lowest BCUT2D eigenvalue weighted by molar-refractivity contribution is 0.102. The number of thioether (sulfide) groups is 1. The molecular formula is C16H17N5O3S. The van der Waals surface area contributed by atoms with Crippen LogP contribution in [0.25, 0.3) is 0 Å². The number of aromatic nitrogens is 2. The van der Waals surface area contributed by atoms with Crippen molar-refractivity contribution in [2.75, 3.05) is 29.6 Å². The quantitative estimate of drug-likeness (QED) is 0.567. The van der Waals surface area contributed by atoms with E-state index in [1.165, 1.54) is 18.0 Å². The number of benzene rings is 1. The van der Waals surface area contributed by atoms with Gasteiger partial charge in [0.05, 0.1) is 0 Å². The van der Waals surface area contributed by atoms with Crippen LogP contribution >= 0.6 is 11.8 Å². The van der Waals surface area contributed by atoms with Crippen LogP contribution in [0.3, 0.4) is 0 Å². The highest BCUT2D eigenvalue weighted by Gasteiger charge is 2.22. The molecule has 3 amide bonds. The monoisotopic (exact) mass is 359 g/mol. The van der Waals surface area contributed by atoms with Gasteiger partial charge in [0.25, 0.3) is 11.5 Å². The zero-order valence-corrected chi connectivity index (χ0v) is 14.6. The molecule has 0 aliphatic carbocycles. The molecule has 1 aliphatic rings. The van der Waals surface area contributed by atoms with Crippen LogP contribution in [0.1, 0.15) is 15.9 Å². The van der Waals surface area contributed by atoms with E-state index in [2.05, 4.69) is 20.6 Å². The van der Waals surface area contributed by atoms with Gasteiger partial charge in [0.2, 0.25) is 0 Å². The number of hydrogen-bond donors (Lipinski definition) is 3. The number of urea groups is 1. The van der Waals surface area contributed by atoms with Gasteiger partial charge < -0.3 is 15.6 Å². The number of nitrogens with one attached hydrogen (secondary N) is 3. The topological polar surface area (TPSA) is 107 Å². The summed E-state index contributed by atoms with van der Waals surface area (Å²) in [5.41, 5.74) is 1.48. The van der Waals surface area contributed by atoms with Crippen LogP contribution in [0.4, 0.5) is 16.2 Å². The Morgan fingerprint density at radius 1 is 1.36 bits per heavy atom. The Kier molecular flexibility index (Phi) is 4.75. The summed E-state index contributed by atoms with van der Waals surface area (Å²) in [6, 6.07) is 5.18. The molecule has 0 atom stereocenters. The highest BCUT2D eigenvalue weighted by Crippen LogP contribution is 2.24. The van der Waals surface area contributed by atoms with Crippen LogP contribution in [-0.2, 0) is 0 Å². The van der Waals surface area contributed by atoms with Gasteiger partial charge in [-0.1, -0.05) is 17.8 Å². The lowest BCUT2D eigenvalue weighted by Gasteiger charge is -2.17. The summed E-state index contributed by atoms with van der Waals surface area (Å²) in [7, 11) is 0. The summed E-state index contributed by atoms with van der Waals surface area (Å²) in [6.07, 6.45) is 3.04. The molecule has 1 aliphatic heterocycles. The number of hydrogen-bond acceptors (Lipinski definition) is 5. The van der Waals surface area contributed by atoms with Gasteiger partial charge in [-0.2, -0.15) is 0 Å². The van der Waals surface area contributed by atoms with E-state index in [9.17, 15) is 14.4 Å².